The molecule has 0 fully saturated rings. The molecule has 0 amide bonds. The van der Waals surface area contributed by atoms with Gasteiger partial charge in [0.05, 0.1) is 0 Å². The summed E-state index contributed by atoms with van der Waals surface area (Å²) in [6, 6.07) is 5.16. The molecule has 1 rings (SSSR count). The molecule has 0 unspecified atom stereocenters. The highest BCUT2D eigenvalue weighted by molar-refractivity contribution is 7.90. The number of aromatic nitrogens is 1. The number of nitrogens with two attached hydrogens (primary N) is 1. The second-order valence-corrected chi connectivity index (χ2v) is 5.51. The van der Waals surface area contributed by atoms with E-state index in [2.05, 4.69) is 9.71 Å². The Morgan fingerprint density at radius 1 is 1.47 bits per heavy atom. The molecule has 1 heterocycles. The maximum atomic E-state index is 11.9. The number of pyridine rings is 1. The Hall–Kier alpha value is -1.18. The first kappa shape index (κ1) is 13.9. The summed E-state index contributed by atoms with van der Waals surface area (Å²) in [5, 5.41) is 0. The van der Waals surface area contributed by atoms with Gasteiger partial charge in [-0.15, -0.1) is 0 Å². The fourth-order valence-corrected chi connectivity index (χ4v) is 2.15. The highest BCUT2D eigenvalue weighted by Gasteiger charge is 2.17. The van der Waals surface area contributed by atoms with E-state index in [0.717, 1.165) is 5.69 Å². The van der Waals surface area contributed by atoms with Gasteiger partial charge < -0.3 is 5.73 Å². The molecule has 0 aliphatic heterocycles. The van der Waals surface area contributed by atoms with Crippen LogP contribution in [0.15, 0.2) is 18.2 Å². The second-order valence-electron chi connectivity index (χ2n) is 3.74. The highest BCUT2D eigenvalue weighted by atomic mass is 32.2. The molecule has 17 heavy (non-hydrogen) atoms. The van der Waals surface area contributed by atoms with Gasteiger partial charge in [-0.3, -0.25) is 4.72 Å². The molecule has 3 N–H and O–H groups in total. The van der Waals surface area contributed by atoms with Crippen molar-refractivity contribution in [2.75, 3.05) is 24.9 Å². The Morgan fingerprint density at radius 3 is 2.76 bits per heavy atom. The molecule has 1 aromatic rings. The van der Waals surface area contributed by atoms with E-state index in [-0.39, 0.29) is 0 Å². The van der Waals surface area contributed by atoms with Gasteiger partial charge in [0, 0.05) is 19.3 Å². The van der Waals surface area contributed by atoms with E-state index in [1.165, 1.54) is 11.4 Å². The molecule has 0 saturated heterocycles. The number of nitrogens with zero attached hydrogens (tertiary/aromatic N) is 2. The fourth-order valence-electron chi connectivity index (χ4n) is 1.24. The van der Waals surface area contributed by atoms with Crippen LogP contribution in [0.25, 0.3) is 0 Å². The Bertz CT molecular complexity index is 461. The van der Waals surface area contributed by atoms with E-state index in [0.29, 0.717) is 25.3 Å². The van der Waals surface area contributed by atoms with Crippen LogP contribution in [0.1, 0.15) is 12.1 Å². The van der Waals surface area contributed by atoms with Crippen LogP contribution in [0.5, 0.6) is 0 Å². The molecule has 0 aliphatic carbocycles. The lowest BCUT2D eigenvalue weighted by molar-refractivity contribution is 0.468. The highest BCUT2D eigenvalue weighted by Crippen LogP contribution is 2.08. The first-order valence-corrected chi connectivity index (χ1v) is 6.77. The van der Waals surface area contributed by atoms with Gasteiger partial charge in [0.2, 0.25) is 0 Å². The van der Waals surface area contributed by atoms with Crippen LogP contribution in [0.3, 0.4) is 0 Å². The fraction of sp³-hybridized carbons (Fsp3) is 0.500. The van der Waals surface area contributed by atoms with Crippen molar-refractivity contribution >= 4 is 16.0 Å². The Balaban J connectivity index is 2.72. The number of rotatable bonds is 6. The number of hydrogen-bond donors (Lipinski definition) is 2. The van der Waals surface area contributed by atoms with Crippen molar-refractivity contribution in [2.45, 2.75) is 13.3 Å². The van der Waals surface area contributed by atoms with Crippen molar-refractivity contribution in [1.29, 1.82) is 0 Å². The van der Waals surface area contributed by atoms with Crippen molar-refractivity contribution in [3.05, 3.63) is 23.9 Å². The minimum Gasteiger partial charge on any atom is -0.330 e. The SMILES string of the molecule is Cc1cccc(NS(=O)(=O)N(C)CCCN)n1. The third kappa shape index (κ3) is 4.29. The topological polar surface area (TPSA) is 88.3 Å². The molecule has 0 saturated carbocycles. The van der Waals surface area contributed by atoms with Crippen molar-refractivity contribution < 1.29 is 8.42 Å². The van der Waals surface area contributed by atoms with Gasteiger partial charge in [-0.1, -0.05) is 6.07 Å². The van der Waals surface area contributed by atoms with Gasteiger partial charge in [-0.25, -0.2) is 4.98 Å². The van der Waals surface area contributed by atoms with Crippen LogP contribution in [-0.2, 0) is 10.2 Å². The van der Waals surface area contributed by atoms with E-state index in [1.807, 2.05) is 0 Å². The average Bonchev–Trinajstić information content (AvgIpc) is 2.25. The summed E-state index contributed by atoms with van der Waals surface area (Å²) in [6.45, 7) is 2.65. The zero-order valence-corrected chi connectivity index (χ0v) is 10.9. The maximum Gasteiger partial charge on any atom is 0.302 e. The largest absolute Gasteiger partial charge is 0.330 e. The maximum absolute atomic E-state index is 11.9. The zero-order chi connectivity index (χ0) is 12.9. The third-order valence-electron chi connectivity index (χ3n) is 2.21. The van der Waals surface area contributed by atoms with E-state index in [4.69, 9.17) is 5.73 Å². The smallest absolute Gasteiger partial charge is 0.302 e. The van der Waals surface area contributed by atoms with E-state index < -0.39 is 10.2 Å². The minimum atomic E-state index is -3.54. The average molecular weight is 258 g/mol. The molecule has 0 bridgehead atoms. The molecule has 0 radical (unpaired) electrons. The van der Waals surface area contributed by atoms with E-state index >= 15 is 0 Å². The van der Waals surface area contributed by atoms with Gasteiger partial charge in [0.25, 0.3) is 0 Å². The number of anilines is 1. The Kier molecular flexibility index (Phi) is 4.86. The number of hydrogen-bond acceptors (Lipinski definition) is 4. The summed E-state index contributed by atoms with van der Waals surface area (Å²) < 4.78 is 27.3. The van der Waals surface area contributed by atoms with Crippen LogP contribution < -0.4 is 10.5 Å². The molecule has 6 nitrogen and oxygen atoms in total. The monoisotopic (exact) mass is 258 g/mol. The predicted octanol–water partition coefficient (Wildman–Crippen LogP) is 0.327. The summed E-state index contributed by atoms with van der Waals surface area (Å²) in [6.07, 6.45) is 0.624. The van der Waals surface area contributed by atoms with Gasteiger partial charge in [-0.2, -0.15) is 12.7 Å². The molecule has 96 valence electrons. The third-order valence-corrected chi connectivity index (χ3v) is 3.68. The summed E-state index contributed by atoms with van der Waals surface area (Å²) in [4.78, 5) is 4.08. The minimum absolute atomic E-state index is 0.324. The van der Waals surface area contributed by atoms with Crippen LogP contribution in [-0.4, -0.2) is 37.8 Å². The summed E-state index contributed by atoms with van der Waals surface area (Å²) in [5.74, 6) is 0.324. The first-order chi connectivity index (χ1) is 7.95. The summed E-state index contributed by atoms with van der Waals surface area (Å²) in [7, 11) is -2.03. The Labute approximate surface area is 102 Å². The van der Waals surface area contributed by atoms with Gasteiger partial charge in [0.15, 0.2) is 0 Å². The standard InChI is InChI=1S/C10H18N4O2S/c1-9-5-3-6-10(12-9)13-17(15,16)14(2)8-4-7-11/h3,5-6H,4,7-8,11H2,1-2H3,(H,12,13). The van der Waals surface area contributed by atoms with Crippen molar-refractivity contribution in [3.8, 4) is 0 Å². The lowest BCUT2D eigenvalue weighted by atomic mass is 10.4. The van der Waals surface area contributed by atoms with Crippen LogP contribution >= 0.6 is 0 Å². The molecule has 1 aromatic heterocycles. The van der Waals surface area contributed by atoms with Crippen molar-refractivity contribution in [3.63, 3.8) is 0 Å². The van der Waals surface area contributed by atoms with Crippen molar-refractivity contribution in [1.82, 2.24) is 9.29 Å². The van der Waals surface area contributed by atoms with Gasteiger partial charge >= 0.3 is 10.2 Å². The first-order valence-electron chi connectivity index (χ1n) is 5.33. The second kappa shape index (κ2) is 5.95. The molecule has 0 atom stereocenters. The summed E-state index contributed by atoms with van der Waals surface area (Å²) in [5.41, 5.74) is 6.10. The summed E-state index contributed by atoms with van der Waals surface area (Å²) >= 11 is 0. The van der Waals surface area contributed by atoms with Crippen LogP contribution in [0, 0.1) is 6.92 Å². The number of aryl methyl sites for hydroxylation is 1. The van der Waals surface area contributed by atoms with Crippen LogP contribution in [0.2, 0.25) is 0 Å². The number of nitrogens with one attached hydrogen (secondary N) is 1. The van der Waals surface area contributed by atoms with E-state index in [9.17, 15) is 8.42 Å². The van der Waals surface area contributed by atoms with E-state index in [1.54, 1.807) is 25.1 Å². The predicted molar refractivity (Wildman–Crippen MR) is 67.8 cm³/mol. The molecular weight excluding hydrogens is 240 g/mol. The van der Waals surface area contributed by atoms with Gasteiger partial charge in [-0.05, 0) is 32.0 Å². The molecule has 0 aromatic carbocycles. The molecule has 7 heteroatoms. The zero-order valence-electron chi connectivity index (χ0n) is 10.0. The molecule has 0 aliphatic rings. The lowest BCUT2D eigenvalue weighted by Gasteiger charge is -2.17. The lowest BCUT2D eigenvalue weighted by Crippen LogP contribution is -2.34. The van der Waals surface area contributed by atoms with Gasteiger partial charge in [0.1, 0.15) is 5.82 Å². The van der Waals surface area contributed by atoms with Crippen LogP contribution in [0.4, 0.5) is 5.82 Å². The molecule has 0 spiro atoms. The Morgan fingerprint density at radius 2 is 2.18 bits per heavy atom. The van der Waals surface area contributed by atoms with Crippen molar-refractivity contribution in [2.24, 2.45) is 5.73 Å². The molecular formula is C10H18N4O2S. The normalized spacial score (nSPS) is 11.8. The quantitative estimate of drug-likeness (QED) is 0.769.